The molecule has 0 bridgehead atoms. The summed E-state index contributed by atoms with van der Waals surface area (Å²) in [6, 6.07) is 4.29. The molecule has 1 aliphatic heterocycles. The topological polar surface area (TPSA) is 12.5 Å². The molecule has 0 unspecified atom stereocenters. The molecule has 64 valence electrons. The quantitative estimate of drug-likeness (QED) is 0.671. The van der Waals surface area contributed by atoms with Crippen molar-refractivity contribution in [2.24, 2.45) is 0 Å². The van der Waals surface area contributed by atoms with Crippen LogP contribution in [0.4, 0.5) is 0 Å². The van der Waals surface area contributed by atoms with Crippen LogP contribution in [0.3, 0.4) is 0 Å². The number of epoxide rings is 1. The van der Waals surface area contributed by atoms with Gasteiger partial charge in [-0.2, -0.15) is 0 Å². The van der Waals surface area contributed by atoms with Crippen molar-refractivity contribution >= 4 is 15.9 Å². The van der Waals surface area contributed by atoms with Crippen LogP contribution in [0.2, 0.25) is 0 Å². The molecule has 0 spiro atoms. The lowest BCUT2D eigenvalue weighted by Crippen LogP contribution is -1.90. The maximum absolute atomic E-state index is 5.25. The third-order valence-electron chi connectivity index (χ3n) is 2.30. The summed E-state index contributed by atoms with van der Waals surface area (Å²) in [6.45, 7) is 5.12. The van der Waals surface area contributed by atoms with Gasteiger partial charge in [0.2, 0.25) is 0 Å². The fourth-order valence-corrected chi connectivity index (χ4v) is 1.77. The van der Waals surface area contributed by atoms with E-state index in [1.54, 1.807) is 0 Å². The van der Waals surface area contributed by atoms with Gasteiger partial charge in [0.25, 0.3) is 0 Å². The Morgan fingerprint density at radius 2 is 2.08 bits per heavy atom. The Hall–Kier alpha value is -0.340. The lowest BCUT2D eigenvalue weighted by molar-refractivity contribution is 0.415. The first-order valence-electron chi connectivity index (χ1n) is 4.07. The SMILES string of the molecule is Cc1ccc([C@H]2CO2)c(C)c1Br. The predicted octanol–water partition coefficient (Wildman–Crippen LogP) is 3.14. The van der Waals surface area contributed by atoms with Crippen LogP contribution in [-0.2, 0) is 4.74 Å². The fraction of sp³-hybridized carbons (Fsp3) is 0.400. The molecule has 0 N–H and O–H groups in total. The summed E-state index contributed by atoms with van der Waals surface area (Å²) >= 11 is 3.57. The minimum atomic E-state index is 0.363. The van der Waals surface area contributed by atoms with E-state index in [2.05, 4.69) is 41.9 Å². The summed E-state index contributed by atoms with van der Waals surface area (Å²) < 4.78 is 6.47. The van der Waals surface area contributed by atoms with E-state index in [0.29, 0.717) is 6.10 Å². The average molecular weight is 227 g/mol. The Labute approximate surface area is 80.9 Å². The molecule has 1 aromatic carbocycles. The Bertz CT molecular complexity index is 316. The lowest BCUT2D eigenvalue weighted by Gasteiger charge is -2.06. The zero-order chi connectivity index (χ0) is 8.72. The second-order valence-electron chi connectivity index (χ2n) is 3.23. The first kappa shape index (κ1) is 8.27. The van der Waals surface area contributed by atoms with Gasteiger partial charge in [0.1, 0.15) is 6.10 Å². The van der Waals surface area contributed by atoms with Crippen molar-refractivity contribution in [1.29, 1.82) is 0 Å². The molecular weight excluding hydrogens is 216 g/mol. The second kappa shape index (κ2) is 2.86. The van der Waals surface area contributed by atoms with E-state index in [4.69, 9.17) is 4.74 Å². The van der Waals surface area contributed by atoms with Gasteiger partial charge in [-0.3, -0.25) is 0 Å². The van der Waals surface area contributed by atoms with E-state index in [-0.39, 0.29) is 0 Å². The van der Waals surface area contributed by atoms with E-state index in [1.165, 1.54) is 21.2 Å². The Morgan fingerprint density at radius 3 is 2.67 bits per heavy atom. The van der Waals surface area contributed by atoms with E-state index in [0.717, 1.165) is 6.61 Å². The molecule has 1 heterocycles. The number of benzene rings is 1. The normalized spacial score (nSPS) is 21.1. The number of aryl methyl sites for hydroxylation is 1. The zero-order valence-electron chi connectivity index (χ0n) is 7.23. The van der Waals surface area contributed by atoms with Crippen molar-refractivity contribution in [2.45, 2.75) is 20.0 Å². The largest absolute Gasteiger partial charge is 0.368 e. The number of hydrogen-bond donors (Lipinski definition) is 0. The minimum Gasteiger partial charge on any atom is -0.368 e. The Balaban J connectivity index is 2.49. The minimum absolute atomic E-state index is 0.363. The average Bonchev–Trinajstić information content (AvgIpc) is 2.84. The van der Waals surface area contributed by atoms with Gasteiger partial charge in [0.05, 0.1) is 6.61 Å². The summed E-state index contributed by atoms with van der Waals surface area (Å²) in [7, 11) is 0. The van der Waals surface area contributed by atoms with Gasteiger partial charge in [0, 0.05) is 4.47 Å². The van der Waals surface area contributed by atoms with Crippen LogP contribution in [-0.4, -0.2) is 6.61 Å². The zero-order valence-corrected chi connectivity index (χ0v) is 8.81. The highest BCUT2D eigenvalue weighted by Crippen LogP contribution is 2.35. The second-order valence-corrected chi connectivity index (χ2v) is 4.03. The van der Waals surface area contributed by atoms with Crippen LogP contribution < -0.4 is 0 Å². The van der Waals surface area contributed by atoms with Crippen LogP contribution >= 0.6 is 15.9 Å². The van der Waals surface area contributed by atoms with Crippen LogP contribution in [0.25, 0.3) is 0 Å². The molecule has 2 heteroatoms. The summed E-state index contributed by atoms with van der Waals surface area (Å²) in [5.41, 5.74) is 3.93. The summed E-state index contributed by atoms with van der Waals surface area (Å²) in [5, 5.41) is 0. The highest BCUT2D eigenvalue weighted by molar-refractivity contribution is 9.10. The standard InChI is InChI=1S/C10H11BrO/c1-6-3-4-8(9-5-12-9)7(2)10(6)11/h3-4,9H,5H2,1-2H3/t9-/m1/s1. The molecule has 1 atom stereocenters. The molecule has 1 saturated heterocycles. The van der Waals surface area contributed by atoms with Gasteiger partial charge < -0.3 is 4.74 Å². The van der Waals surface area contributed by atoms with Gasteiger partial charge >= 0.3 is 0 Å². The molecule has 1 fully saturated rings. The van der Waals surface area contributed by atoms with Crippen molar-refractivity contribution in [3.05, 3.63) is 33.3 Å². The van der Waals surface area contributed by atoms with Gasteiger partial charge in [-0.05, 0) is 30.5 Å². The first-order chi connectivity index (χ1) is 5.70. The van der Waals surface area contributed by atoms with Gasteiger partial charge in [-0.1, -0.05) is 28.1 Å². The fourth-order valence-electron chi connectivity index (χ4n) is 1.41. The molecule has 0 aromatic heterocycles. The maximum Gasteiger partial charge on any atom is 0.106 e. The lowest BCUT2D eigenvalue weighted by atomic mass is 10.0. The van der Waals surface area contributed by atoms with Crippen LogP contribution in [0.1, 0.15) is 22.8 Å². The van der Waals surface area contributed by atoms with E-state index < -0.39 is 0 Å². The highest BCUT2D eigenvalue weighted by Gasteiger charge is 2.26. The maximum atomic E-state index is 5.25. The van der Waals surface area contributed by atoms with Gasteiger partial charge in [0.15, 0.2) is 0 Å². The number of ether oxygens (including phenoxy) is 1. The predicted molar refractivity (Wildman–Crippen MR) is 52.3 cm³/mol. The highest BCUT2D eigenvalue weighted by atomic mass is 79.9. The van der Waals surface area contributed by atoms with Crippen LogP contribution in [0.15, 0.2) is 16.6 Å². The van der Waals surface area contributed by atoms with Crippen molar-refractivity contribution < 1.29 is 4.74 Å². The van der Waals surface area contributed by atoms with Gasteiger partial charge in [-0.25, -0.2) is 0 Å². The molecule has 1 aliphatic rings. The van der Waals surface area contributed by atoms with Crippen LogP contribution in [0, 0.1) is 13.8 Å². The molecular formula is C10H11BrO. The smallest absolute Gasteiger partial charge is 0.106 e. The summed E-state index contributed by atoms with van der Waals surface area (Å²) in [5.74, 6) is 0. The number of halogens is 1. The monoisotopic (exact) mass is 226 g/mol. The molecule has 0 radical (unpaired) electrons. The van der Waals surface area contributed by atoms with Crippen molar-refractivity contribution in [2.75, 3.05) is 6.61 Å². The molecule has 0 amide bonds. The van der Waals surface area contributed by atoms with Gasteiger partial charge in [-0.15, -0.1) is 0 Å². The molecule has 1 nitrogen and oxygen atoms in total. The Kier molecular flexibility index (Phi) is 1.97. The molecule has 0 saturated carbocycles. The third-order valence-corrected chi connectivity index (χ3v) is 3.52. The summed E-state index contributed by atoms with van der Waals surface area (Å²) in [4.78, 5) is 0. The Morgan fingerprint density at radius 1 is 1.42 bits per heavy atom. The van der Waals surface area contributed by atoms with E-state index in [1.807, 2.05) is 0 Å². The molecule has 0 aliphatic carbocycles. The van der Waals surface area contributed by atoms with E-state index >= 15 is 0 Å². The summed E-state index contributed by atoms with van der Waals surface area (Å²) in [6.07, 6.45) is 0.363. The number of rotatable bonds is 1. The van der Waals surface area contributed by atoms with Crippen molar-refractivity contribution in [3.63, 3.8) is 0 Å². The number of hydrogen-bond acceptors (Lipinski definition) is 1. The van der Waals surface area contributed by atoms with Crippen molar-refractivity contribution in [1.82, 2.24) is 0 Å². The van der Waals surface area contributed by atoms with Crippen LogP contribution in [0.5, 0.6) is 0 Å². The molecule has 1 aromatic rings. The molecule has 2 rings (SSSR count). The van der Waals surface area contributed by atoms with E-state index in [9.17, 15) is 0 Å². The third kappa shape index (κ3) is 1.29. The first-order valence-corrected chi connectivity index (χ1v) is 4.86. The molecule has 12 heavy (non-hydrogen) atoms. The van der Waals surface area contributed by atoms with Crippen molar-refractivity contribution in [3.8, 4) is 0 Å².